The molecule has 0 aliphatic carbocycles. The predicted octanol–water partition coefficient (Wildman–Crippen LogP) is 1.71. The second kappa shape index (κ2) is 4.74. The molecule has 0 aliphatic rings. The average molecular weight is 193 g/mol. The normalized spacial score (nSPS) is 10.5. The Hall–Kier alpha value is -1.38. The van der Waals surface area contributed by atoms with E-state index in [-0.39, 0.29) is 5.56 Å². The Kier molecular flexibility index (Phi) is 3.63. The van der Waals surface area contributed by atoms with Crippen molar-refractivity contribution < 1.29 is 4.79 Å². The molecule has 1 aromatic rings. The number of aldehydes is 1. The summed E-state index contributed by atoms with van der Waals surface area (Å²) in [7, 11) is 0. The summed E-state index contributed by atoms with van der Waals surface area (Å²) in [5.41, 5.74) is 0.504. The summed E-state index contributed by atoms with van der Waals surface area (Å²) in [6, 6.07) is 2.98. The van der Waals surface area contributed by atoms with E-state index in [0.29, 0.717) is 18.0 Å². The van der Waals surface area contributed by atoms with Crippen molar-refractivity contribution >= 4 is 6.29 Å². The summed E-state index contributed by atoms with van der Waals surface area (Å²) < 4.78 is 1.59. The number of carbonyl (C=O) groups excluding carboxylic acids is 1. The number of hydrogen-bond donors (Lipinski definition) is 0. The Bertz CT molecular complexity index is 366. The largest absolute Gasteiger partial charge is 0.315 e. The Balaban J connectivity index is 2.84. The van der Waals surface area contributed by atoms with Gasteiger partial charge in [-0.25, -0.2) is 0 Å². The van der Waals surface area contributed by atoms with Crippen LogP contribution in [0.2, 0.25) is 0 Å². The molecule has 0 aromatic carbocycles. The first-order chi connectivity index (χ1) is 6.63. The quantitative estimate of drug-likeness (QED) is 0.683. The highest BCUT2D eigenvalue weighted by Crippen LogP contribution is 2.01. The van der Waals surface area contributed by atoms with E-state index >= 15 is 0 Å². The van der Waals surface area contributed by atoms with Gasteiger partial charge in [-0.3, -0.25) is 9.59 Å². The third kappa shape index (κ3) is 2.83. The molecular formula is C11H15NO2. The third-order valence-corrected chi connectivity index (χ3v) is 2.09. The molecule has 0 spiro atoms. The molecule has 0 aliphatic heterocycles. The van der Waals surface area contributed by atoms with Crippen molar-refractivity contribution in [2.24, 2.45) is 5.92 Å². The van der Waals surface area contributed by atoms with Crippen molar-refractivity contribution in [2.75, 3.05) is 0 Å². The first kappa shape index (κ1) is 10.7. The monoisotopic (exact) mass is 193 g/mol. The van der Waals surface area contributed by atoms with Crippen LogP contribution in [-0.2, 0) is 6.54 Å². The second-order valence-corrected chi connectivity index (χ2v) is 3.79. The smallest absolute Gasteiger partial charge is 0.250 e. The minimum atomic E-state index is -0.0451. The van der Waals surface area contributed by atoms with Gasteiger partial charge in [-0.15, -0.1) is 0 Å². The van der Waals surface area contributed by atoms with Gasteiger partial charge in [0.2, 0.25) is 0 Å². The van der Waals surface area contributed by atoms with Crippen molar-refractivity contribution in [3.8, 4) is 0 Å². The lowest BCUT2D eigenvalue weighted by Gasteiger charge is -2.07. The molecule has 0 saturated carbocycles. The lowest BCUT2D eigenvalue weighted by Crippen LogP contribution is -2.19. The molecule has 3 nitrogen and oxygen atoms in total. The minimum absolute atomic E-state index is 0.0451. The lowest BCUT2D eigenvalue weighted by atomic mass is 10.1. The van der Waals surface area contributed by atoms with Crippen LogP contribution in [0.4, 0.5) is 0 Å². The van der Waals surface area contributed by atoms with Gasteiger partial charge in [-0.2, -0.15) is 0 Å². The predicted molar refractivity (Wildman–Crippen MR) is 55.5 cm³/mol. The molecule has 0 bridgehead atoms. The van der Waals surface area contributed by atoms with Crippen molar-refractivity contribution in [1.82, 2.24) is 4.57 Å². The lowest BCUT2D eigenvalue weighted by molar-refractivity contribution is 0.112. The van der Waals surface area contributed by atoms with E-state index in [0.717, 1.165) is 12.7 Å². The van der Waals surface area contributed by atoms with Gasteiger partial charge in [-0.05, 0) is 18.4 Å². The fourth-order valence-corrected chi connectivity index (χ4v) is 1.19. The average Bonchev–Trinajstić information content (AvgIpc) is 2.16. The van der Waals surface area contributed by atoms with Crippen LogP contribution in [0.15, 0.2) is 23.1 Å². The molecule has 0 fully saturated rings. The number of aromatic nitrogens is 1. The molecule has 14 heavy (non-hydrogen) atoms. The van der Waals surface area contributed by atoms with E-state index in [1.54, 1.807) is 16.8 Å². The van der Waals surface area contributed by atoms with Crippen molar-refractivity contribution in [3.05, 3.63) is 34.2 Å². The molecule has 0 amide bonds. The van der Waals surface area contributed by atoms with Crippen LogP contribution in [0.25, 0.3) is 0 Å². The van der Waals surface area contributed by atoms with Crippen molar-refractivity contribution in [3.63, 3.8) is 0 Å². The van der Waals surface area contributed by atoms with Crippen LogP contribution in [0, 0.1) is 5.92 Å². The van der Waals surface area contributed by atoms with Crippen LogP contribution in [0.1, 0.15) is 30.6 Å². The highest BCUT2D eigenvalue weighted by molar-refractivity contribution is 5.73. The Morgan fingerprint density at radius 1 is 1.43 bits per heavy atom. The molecule has 1 heterocycles. The van der Waals surface area contributed by atoms with E-state index in [2.05, 4.69) is 13.8 Å². The highest BCUT2D eigenvalue weighted by atomic mass is 16.1. The van der Waals surface area contributed by atoms with Crippen molar-refractivity contribution in [2.45, 2.75) is 26.8 Å². The first-order valence-electron chi connectivity index (χ1n) is 4.79. The summed E-state index contributed by atoms with van der Waals surface area (Å²) in [5, 5.41) is 0. The maximum Gasteiger partial charge on any atom is 0.250 e. The van der Waals surface area contributed by atoms with E-state index in [4.69, 9.17) is 0 Å². The van der Waals surface area contributed by atoms with Crippen LogP contribution in [0.3, 0.4) is 0 Å². The van der Waals surface area contributed by atoms with E-state index in [9.17, 15) is 9.59 Å². The number of aryl methyl sites for hydroxylation is 1. The molecule has 1 aromatic heterocycles. The molecular weight excluding hydrogens is 178 g/mol. The Labute approximate surface area is 83.4 Å². The summed E-state index contributed by atoms with van der Waals surface area (Å²) in [5.74, 6) is 0.557. The van der Waals surface area contributed by atoms with Crippen LogP contribution < -0.4 is 5.56 Å². The number of nitrogens with zero attached hydrogens (tertiary/aromatic N) is 1. The zero-order chi connectivity index (χ0) is 10.6. The van der Waals surface area contributed by atoms with Gasteiger partial charge < -0.3 is 4.57 Å². The number of pyridine rings is 1. The molecule has 76 valence electrons. The summed E-state index contributed by atoms with van der Waals surface area (Å²) >= 11 is 0. The standard InChI is InChI=1S/C11H15NO2/c1-9(2)5-6-12-7-10(8-13)3-4-11(12)14/h3-4,7-9H,5-6H2,1-2H3. The second-order valence-electron chi connectivity index (χ2n) is 3.79. The Morgan fingerprint density at radius 2 is 2.14 bits per heavy atom. The minimum Gasteiger partial charge on any atom is -0.315 e. The SMILES string of the molecule is CC(C)CCn1cc(C=O)ccc1=O. The Morgan fingerprint density at radius 3 is 2.71 bits per heavy atom. The van der Waals surface area contributed by atoms with E-state index < -0.39 is 0 Å². The van der Waals surface area contributed by atoms with E-state index in [1.165, 1.54) is 6.07 Å². The fourth-order valence-electron chi connectivity index (χ4n) is 1.19. The van der Waals surface area contributed by atoms with Gasteiger partial charge in [0.25, 0.3) is 5.56 Å². The number of carbonyl (C=O) groups is 1. The third-order valence-electron chi connectivity index (χ3n) is 2.09. The zero-order valence-corrected chi connectivity index (χ0v) is 8.56. The van der Waals surface area contributed by atoms with Gasteiger partial charge in [0.1, 0.15) is 0 Å². The van der Waals surface area contributed by atoms with Gasteiger partial charge in [-0.1, -0.05) is 13.8 Å². The van der Waals surface area contributed by atoms with Gasteiger partial charge in [0, 0.05) is 24.4 Å². The summed E-state index contributed by atoms with van der Waals surface area (Å²) in [6.45, 7) is 4.89. The van der Waals surface area contributed by atoms with E-state index in [1.807, 2.05) is 0 Å². The maximum atomic E-state index is 11.3. The summed E-state index contributed by atoms with van der Waals surface area (Å²) in [4.78, 5) is 21.8. The molecule has 3 heteroatoms. The highest BCUT2D eigenvalue weighted by Gasteiger charge is 1.99. The molecule has 0 unspecified atom stereocenters. The van der Waals surface area contributed by atoms with Gasteiger partial charge >= 0.3 is 0 Å². The first-order valence-corrected chi connectivity index (χ1v) is 4.79. The molecule has 0 N–H and O–H groups in total. The van der Waals surface area contributed by atoms with Gasteiger partial charge in [0.15, 0.2) is 6.29 Å². The fraction of sp³-hybridized carbons (Fsp3) is 0.455. The van der Waals surface area contributed by atoms with Gasteiger partial charge in [0.05, 0.1) is 0 Å². The maximum absolute atomic E-state index is 11.3. The van der Waals surface area contributed by atoms with Crippen molar-refractivity contribution in [1.29, 1.82) is 0 Å². The molecule has 1 rings (SSSR count). The molecule has 0 radical (unpaired) electrons. The summed E-state index contributed by atoms with van der Waals surface area (Å²) in [6.07, 6.45) is 3.31. The van der Waals surface area contributed by atoms with Crippen LogP contribution in [-0.4, -0.2) is 10.9 Å². The topological polar surface area (TPSA) is 39.1 Å². The number of hydrogen-bond acceptors (Lipinski definition) is 2. The van der Waals surface area contributed by atoms with Crippen LogP contribution in [0.5, 0.6) is 0 Å². The zero-order valence-electron chi connectivity index (χ0n) is 8.56. The molecule has 0 saturated heterocycles. The number of rotatable bonds is 4. The molecule has 0 atom stereocenters. The van der Waals surface area contributed by atoms with Crippen LogP contribution >= 0.6 is 0 Å².